The van der Waals surface area contributed by atoms with Crippen molar-refractivity contribution in [1.82, 2.24) is 9.21 Å². The van der Waals surface area contributed by atoms with E-state index in [1.54, 1.807) is 4.31 Å². The minimum Gasteiger partial charge on any atom is -0.308 e. The molecule has 1 unspecified atom stereocenters. The van der Waals surface area contributed by atoms with Gasteiger partial charge >= 0.3 is 0 Å². The first-order chi connectivity index (χ1) is 8.82. The molecule has 2 heterocycles. The number of sulfonamides is 1. The molecule has 1 aliphatic rings. The standard InChI is InChI=1S/C11H16BrClN2O2S2/c1-14(2)7-8-4-3-5-15(8)19(16,17)10-6-9(13)11(12)18-10/h6,8H,3-5,7H2,1-2H3. The minimum atomic E-state index is -3.42. The van der Waals surface area contributed by atoms with E-state index in [1.807, 2.05) is 19.0 Å². The summed E-state index contributed by atoms with van der Waals surface area (Å²) in [6, 6.07) is 1.58. The first kappa shape index (κ1) is 15.7. The van der Waals surface area contributed by atoms with Gasteiger partial charge in [-0.3, -0.25) is 0 Å². The molecule has 0 saturated carbocycles. The van der Waals surface area contributed by atoms with Crippen LogP contribution in [-0.2, 0) is 10.0 Å². The molecule has 19 heavy (non-hydrogen) atoms. The maximum absolute atomic E-state index is 12.6. The van der Waals surface area contributed by atoms with Crippen LogP contribution in [0.15, 0.2) is 14.1 Å². The molecular formula is C11H16BrClN2O2S2. The molecule has 1 atom stereocenters. The van der Waals surface area contributed by atoms with Crippen LogP contribution in [0.2, 0.25) is 5.02 Å². The predicted octanol–water partition coefficient (Wildman–Crippen LogP) is 2.88. The van der Waals surface area contributed by atoms with Crippen molar-refractivity contribution in [3.8, 4) is 0 Å². The molecule has 0 N–H and O–H groups in total. The second kappa shape index (κ2) is 5.99. The van der Waals surface area contributed by atoms with Gasteiger partial charge in [0.15, 0.2) is 0 Å². The van der Waals surface area contributed by atoms with Crippen molar-refractivity contribution in [2.45, 2.75) is 23.1 Å². The Kier molecular flexibility index (Phi) is 4.96. The quantitative estimate of drug-likeness (QED) is 0.797. The number of nitrogens with zero attached hydrogens (tertiary/aromatic N) is 2. The molecule has 1 fully saturated rings. The monoisotopic (exact) mass is 386 g/mol. The van der Waals surface area contributed by atoms with E-state index < -0.39 is 10.0 Å². The van der Waals surface area contributed by atoms with E-state index in [0.717, 1.165) is 19.4 Å². The zero-order chi connectivity index (χ0) is 14.2. The molecule has 1 aliphatic heterocycles. The van der Waals surface area contributed by atoms with Crippen LogP contribution in [0.4, 0.5) is 0 Å². The highest BCUT2D eigenvalue weighted by Crippen LogP contribution is 2.37. The maximum Gasteiger partial charge on any atom is 0.252 e. The summed E-state index contributed by atoms with van der Waals surface area (Å²) >= 11 is 10.4. The summed E-state index contributed by atoms with van der Waals surface area (Å²) in [7, 11) is 0.496. The van der Waals surface area contributed by atoms with Gasteiger partial charge in [-0.1, -0.05) is 11.6 Å². The third-order valence-electron chi connectivity index (χ3n) is 3.08. The first-order valence-corrected chi connectivity index (χ1v) is 9.36. The highest BCUT2D eigenvalue weighted by atomic mass is 79.9. The van der Waals surface area contributed by atoms with Gasteiger partial charge in [-0.15, -0.1) is 11.3 Å². The van der Waals surface area contributed by atoms with E-state index in [1.165, 1.54) is 17.4 Å². The van der Waals surface area contributed by atoms with Crippen LogP contribution >= 0.6 is 38.9 Å². The van der Waals surface area contributed by atoms with Crippen LogP contribution in [0.3, 0.4) is 0 Å². The van der Waals surface area contributed by atoms with Gasteiger partial charge in [0, 0.05) is 19.1 Å². The van der Waals surface area contributed by atoms with Gasteiger partial charge in [0.2, 0.25) is 0 Å². The third-order valence-corrected chi connectivity index (χ3v) is 7.96. The zero-order valence-electron chi connectivity index (χ0n) is 10.8. The molecule has 0 spiro atoms. The average Bonchev–Trinajstić information content (AvgIpc) is 2.87. The Bertz CT molecular complexity index is 540. The topological polar surface area (TPSA) is 40.6 Å². The molecule has 0 bridgehead atoms. The van der Waals surface area contributed by atoms with Crippen LogP contribution in [0.25, 0.3) is 0 Å². The lowest BCUT2D eigenvalue weighted by Crippen LogP contribution is -2.40. The summed E-state index contributed by atoms with van der Waals surface area (Å²) in [5.41, 5.74) is 0. The Morgan fingerprint density at radius 2 is 2.26 bits per heavy atom. The number of thiophene rings is 1. The van der Waals surface area contributed by atoms with Crippen molar-refractivity contribution >= 4 is 48.9 Å². The predicted molar refractivity (Wildman–Crippen MR) is 82.5 cm³/mol. The van der Waals surface area contributed by atoms with E-state index in [2.05, 4.69) is 15.9 Å². The fourth-order valence-electron chi connectivity index (χ4n) is 2.30. The molecule has 8 heteroatoms. The van der Waals surface area contributed by atoms with Crippen molar-refractivity contribution in [2.24, 2.45) is 0 Å². The average molecular weight is 388 g/mol. The Hall–Kier alpha value is 0.340. The lowest BCUT2D eigenvalue weighted by Gasteiger charge is -2.25. The van der Waals surface area contributed by atoms with Crippen LogP contribution in [0, 0.1) is 0 Å². The van der Waals surface area contributed by atoms with Gasteiger partial charge in [-0.2, -0.15) is 4.31 Å². The zero-order valence-corrected chi connectivity index (χ0v) is 14.7. The van der Waals surface area contributed by atoms with Gasteiger partial charge in [-0.25, -0.2) is 8.42 Å². The Morgan fingerprint density at radius 1 is 1.58 bits per heavy atom. The number of rotatable bonds is 4. The van der Waals surface area contributed by atoms with Crippen molar-refractivity contribution in [3.63, 3.8) is 0 Å². The Labute approximate surface area is 131 Å². The molecule has 4 nitrogen and oxygen atoms in total. The van der Waals surface area contributed by atoms with Gasteiger partial charge in [0.05, 0.1) is 8.81 Å². The molecule has 108 valence electrons. The molecule has 1 aromatic heterocycles. The lowest BCUT2D eigenvalue weighted by molar-refractivity contribution is 0.291. The Morgan fingerprint density at radius 3 is 2.79 bits per heavy atom. The van der Waals surface area contributed by atoms with E-state index in [-0.39, 0.29) is 6.04 Å². The maximum atomic E-state index is 12.6. The molecular weight excluding hydrogens is 372 g/mol. The normalized spacial score (nSPS) is 21.4. The van der Waals surface area contributed by atoms with E-state index in [4.69, 9.17) is 11.6 Å². The van der Waals surface area contributed by atoms with Crippen LogP contribution in [-0.4, -0.2) is 50.8 Å². The van der Waals surface area contributed by atoms with Gasteiger partial charge in [0.1, 0.15) is 4.21 Å². The minimum absolute atomic E-state index is 0.0552. The first-order valence-electron chi connectivity index (χ1n) is 5.94. The summed E-state index contributed by atoms with van der Waals surface area (Å²) in [6.07, 6.45) is 1.83. The fourth-order valence-corrected chi connectivity index (χ4v) is 6.51. The Balaban J connectivity index is 2.28. The van der Waals surface area contributed by atoms with E-state index >= 15 is 0 Å². The number of halogens is 2. The number of likely N-dealkylation sites (N-methyl/N-ethyl adjacent to an activating group) is 1. The smallest absolute Gasteiger partial charge is 0.252 e. The van der Waals surface area contributed by atoms with Crippen LogP contribution in [0.5, 0.6) is 0 Å². The van der Waals surface area contributed by atoms with Crippen molar-refractivity contribution < 1.29 is 8.42 Å². The number of hydrogen-bond donors (Lipinski definition) is 0. The highest BCUT2D eigenvalue weighted by Gasteiger charge is 2.36. The van der Waals surface area contributed by atoms with Crippen LogP contribution in [0.1, 0.15) is 12.8 Å². The SMILES string of the molecule is CN(C)CC1CCCN1S(=O)(=O)c1cc(Cl)c(Br)s1. The van der Waals surface area contributed by atoms with Gasteiger partial charge < -0.3 is 4.90 Å². The summed E-state index contributed by atoms with van der Waals surface area (Å²) in [5.74, 6) is 0. The largest absolute Gasteiger partial charge is 0.308 e. The molecule has 2 rings (SSSR count). The number of hydrogen-bond acceptors (Lipinski definition) is 4. The second-order valence-corrected chi connectivity index (χ2v) is 9.76. The molecule has 0 aromatic carbocycles. The summed E-state index contributed by atoms with van der Waals surface area (Å²) in [4.78, 5) is 2.02. The van der Waals surface area contributed by atoms with Crippen LogP contribution < -0.4 is 0 Å². The highest BCUT2D eigenvalue weighted by molar-refractivity contribution is 9.11. The van der Waals surface area contributed by atoms with Crippen molar-refractivity contribution in [3.05, 3.63) is 14.9 Å². The molecule has 0 amide bonds. The lowest BCUT2D eigenvalue weighted by atomic mass is 10.2. The molecule has 0 aliphatic carbocycles. The summed E-state index contributed by atoms with van der Waals surface area (Å²) < 4.78 is 27.9. The summed E-state index contributed by atoms with van der Waals surface area (Å²) in [5, 5.41) is 0.451. The van der Waals surface area contributed by atoms with Crippen molar-refractivity contribution in [2.75, 3.05) is 27.2 Å². The van der Waals surface area contributed by atoms with E-state index in [9.17, 15) is 8.42 Å². The van der Waals surface area contributed by atoms with Gasteiger partial charge in [-0.05, 0) is 48.9 Å². The summed E-state index contributed by atoms with van der Waals surface area (Å²) in [6.45, 7) is 1.34. The van der Waals surface area contributed by atoms with Crippen molar-refractivity contribution in [1.29, 1.82) is 0 Å². The van der Waals surface area contributed by atoms with E-state index in [0.29, 0.717) is 19.6 Å². The fraction of sp³-hybridized carbons (Fsp3) is 0.636. The molecule has 0 radical (unpaired) electrons. The third kappa shape index (κ3) is 3.33. The van der Waals surface area contributed by atoms with Gasteiger partial charge in [0.25, 0.3) is 10.0 Å². The second-order valence-electron chi connectivity index (χ2n) is 4.86. The molecule has 1 saturated heterocycles. The molecule has 1 aromatic rings.